The fourth-order valence-electron chi connectivity index (χ4n) is 3.49. The Kier molecular flexibility index (Phi) is 5.53. The van der Waals surface area contributed by atoms with Crippen LogP contribution in [0.25, 0.3) is 17.1 Å². The lowest BCUT2D eigenvalue weighted by Gasteiger charge is -2.11. The molecule has 32 heavy (non-hydrogen) atoms. The van der Waals surface area contributed by atoms with Crippen LogP contribution in [0.1, 0.15) is 42.8 Å². The second-order valence-electron chi connectivity index (χ2n) is 7.98. The Morgan fingerprint density at radius 2 is 2.00 bits per heavy atom. The number of rotatable bonds is 7. The monoisotopic (exact) mass is 445 g/mol. The van der Waals surface area contributed by atoms with Gasteiger partial charge in [0.15, 0.2) is 5.16 Å². The molecule has 162 valence electrons. The lowest BCUT2D eigenvalue weighted by Crippen LogP contribution is -2.07. The van der Waals surface area contributed by atoms with Crippen LogP contribution in [-0.2, 0) is 10.5 Å². The van der Waals surface area contributed by atoms with Gasteiger partial charge in [-0.3, -0.25) is 9.36 Å². The zero-order valence-corrected chi connectivity index (χ0v) is 18.7. The number of carbonyl (C=O) groups excluding carboxylic acids is 1. The van der Waals surface area contributed by atoms with Crippen LogP contribution in [-0.4, -0.2) is 25.7 Å². The summed E-state index contributed by atoms with van der Waals surface area (Å²) >= 11 is 1.57. The second-order valence-corrected chi connectivity index (χ2v) is 8.92. The van der Waals surface area contributed by atoms with Gasteiger partial charge in [-0.05, 0) is 50.1 Å². The van der Waals surface area contributed by atoms with Crippen LogP contribution in [0.5, 0.6) is 0 Å². The molecular formula is C24H23N5O2S. The first-order valence-corrected chi connectivity index (χ1v) is 11.5. The first kappa shape index (κ1) is 20.5. The van der Waals surface area contributed by atoms with E-state index in [1.54, 1.807) is 18.0 Å². The van der Waals surface area contributed by atoms with E-state index in [0.29, 0.717) is 17.6 Å². The lowest BCUT2D eigenvalue weighted by atomic mass is 10.1. The summed E-state index contributed by atoms with van der Waals surface area (Å²) in [5.41, 5.74) is 4.69. The minimum atomic E-state index is -0.0988. The van der Waals surface area contributed by atoms with Crippen LogP contribution in [0, 0.1) is 6.92 Å². The Hall–Kier alpha value is -3.39. The maximum absolute atomic E-state index is 11.5. The molecule has 0 aliphatic heterocycles. The van der Waals surface area contributed by atoms with E-state index in [1.165, 1.54) is 12.5 Å². The molecule has 8 heteroatoms. The van der Waals surface area contributed by atoms with Gasteiger partial charge in [-0.2, -0.15) is 0 Å². The third kappa shape index (κ3) is 4.45. The molecule has 5 rings (SSSR count). The van der Waals surface area contributed by atoms with Gasteiger partial charge in [-0.1, -0.05) is 35.5 Å². The summed E-state index contributed by atoms with van der Waals surface area (Å²) < 4.78 is 7.78. The van der Waals surface area contributed by atoms with Crippen LogP contribution in [0.4, 0.5) is 5.69 Å². The summed E-state index contributed by atoms with van der Waals surface area (Å²) in [5, 5.41) is 12.6. The SMILES string of the molecule is CC(=O)Nc1cccc(-n2c(SCc3coc(-c4ccc(C)cc4)n3)nnc2C2CC2)c1. The molecule has 1 amide bonds. The number of anilines is 1. The predicted molar refractivity (Wildman–Crippen MR) is 124 cm³/mol. The molecule has 1 N–H and O–H groups in total. The molecule has 0 unspecified atom stereocenters. The van der Waals surface area contributed by atoms with Crippen LogP contribution in [0.2, 0.25) is 0 Å². The molecule has 4 aromatic rings. The molecule has 0 atom stereocenters. The van der Waals surface area contributed by atoms with Gasteiger partial charge in [0.25, 0.3) is 0 Å². The second kappa shape index (κ2) is 8.63. The summed E-state index contributed by atoms with van der Waals surface area (Å²) in [6.45, 7) is 3.56. The third-order valence-corrected chi connectivity index (χ3v) is 6.19. The zero-order valence-electron chi connectivity index (χ0n) is 17.9. The normalized spacial score (nSPS) is 13.3. The topological polar surface area (TPSA) is 85.8 Å². The van der Waals surface area contributed by atoms with Gasteiger partial charge >= 0.3 is 0 Å². The van der Waals surface area contributed by atoms with Gasteiger partial charge < -0.3 is 9.73 Å². The highest BCUT2D eigenvalue weighted by Crippen LogP contribution is 2.41. The molecule has 0 bridgehead atoms. The Morgan fingerprint density at radius 1 is 1.19 bits per heavy atom. The van der Waals surface area contributed by atoms with Gasteiger partial charge in [0, 0.05) is 29.8 Å². The number of hydrogen-bond acceptors (Lipinski definition) is 6. The average molecular weight is 446 g/mol. The van der Waals surface area contributed by atoms with Crippen molar-refractivity contribution in [3.63, 3.8) is 0 Å². The number of thioether (sulfide) groups is 1. The van der Waals surface area contributed by atoms with Crippen molar-refractivity contribution in [3.8, 4) is 17.1 Å². The Morgan fingerprint density at radius 3 is 2.75 bits per heavy atom. The molecule has 0 saturated heterocycles. The predicted octanol–water partition coefficient (Wildman–Crippen LogP) is 5.36. The van der Waals surface area contributed by atoms with Crippen LogP contribution < -0.4 is 5.32 Å². The molecule has 7 nitrogen and oxygen atoms in total. The van der Waals surface area contributed by atoms with Crippen molar-refractivity contribution in [1.82, 2.24) is 19.7 Å². The summed E-state index contributed by atoms with van der Waals surface area (Å²) in [6, 6.07) is 15.9. The average Bonchev–Trinajstić information content (AvgIpc) is 3.36. The van der Waals surface area contributed by atoms with E-state index in [0.717, 1.165) is 46.5 Å². The zero-order chi connectivity index (χ0) is 22.1. The Labute approximate surface area is 190 Å². The molecule has 1 fully saturated rings. The maximum Gasteiger partial charge on any atom is 0.226 e. The molecule has 1 saturated carbocycles. The number of aromatic nitrogens is 4. The first-order valence-electron chi connectivity index (χ1n) is 10.5. The van der Waals surface area contributed by atoms with Crippen molar-refractivity contribution in [2.75, 3.05) is 5.32 Å². The summed E-state index contributed by atoms with van der Waals surface area (Å²) in [5.74, 6) is 2.53. The summed E-state index contributed by atoms with van der Waals surface area (Å²) in [7, 11) is 0. The summed E-state index contributed by atoms with van der Waals surface area (Å²) in [6.07, 6.45) is 3.94. The minimum absolute atomic E-state index is 0.0988. The van der Waals surface area contributed by atoms with E-state index in [9.17, 15) is 4.79 Å². The van der Waals surface area contributed by atoms with Crippen LogP contribution in [0.3, 0.4) is 0 Å². The van der Waals surface area contributed by atoms with E-state index >= 15 is 0 Å². The highest BCUT2D eigenvalue weighted by Gasteiger charge is 2.31. The third-order valence-electron chi connectivity index (χ3n) is 5.23. The van der Waals surface area contributed by atoms with Crippen molar-refractivity contribution in [1.29, 1.82) is 0 Å². The fraction of sp³-hybridized carbons (Fsp3) is 0.250. The maximum atomic E-state index is 11.5. The van der Waals surface area contributed by atoms with Crippen LogP contribution in [0.15, 0.2) is 64.4 Å². The number of carbonyl (C=O) groups is 1. The fourth-order valence-corrected chi connectivity index (χ4v) is 4.33. The van der Waals surface area contributed by atoms with Gasteiger partial charge in [0.2, 0.25) is 11.8 Å². The van der Waals surface area contributed by atoms with Gasteiger partial charge in [-0.15, -0.1) is 10.2 Å². The van der Waals surface area contributed by atoms with Crippen LogP contribution >= 0.6 is 11.8 Å². The van der Waals surface area contributed by atoms with Gasteiger partial charge in [0.1, 0.15) is 12.1 Å². The van der Waals surface area contributed by atoms with Crippen molar-refractivity contribution in [3.05, 3.63) is 71.9 Å². The standard InChI is InChI=1S/C24H23N5O2S/c1-15-6-8-18(9-7-15)23-26-20(13-31-23)14-32-24-28-27-22(17-10-11-17)29(24)21-5-3-4-19(12-21)25-16(2)30/h3-9,12-13,17H,10-11,14H2,1-2H3,(H,25,30). The number of oxazole rings is 1. The van der Waals surface area contributed by atoms with Crippen molar-refractivity contribution in [2.45, 2.75) is 43.5 Å². The first-order chi connectivity index (χ1) is 15.6. The quantitative estimate of drug-likeness (QED) is 0.386. The molecular weight excluding hydrogens is 422 g/mol. The Bertz CT molecular complexity index is 1260. The highest BCUT2D eigenvalue weighted by atomic mass is 32.2. The number of benzene rings is 2. The number of aryl methyl sites for hydroxylation is 1. The number of amides is 1. The molecule has 1 aliphatic carbocycles. The van der Waals surface area contributed by atoms with E-state index in [1.807, 2.05) is 48.5 Å². The number of nitrogens with one attached hydrogen (secondary N) is 1. The largest absolute Gasteiger partial charge is 0.444 e. The minimum Gasteiger partial charge on any atom is -0.444 e. The summed E-state index contributed by atoms with van der Waals surface area (Å²) in [4.78, 5) is 16.1. The van der Waals surface area contributed by atoms with Crippen molar-refractivity contribution >= 4 is 23.4 Å². The molecule has 2 aromatic carbocycles. The molecule has 0 radical (unpaired) electrons. The lowest BCUT2D eigenvalue weighted by molar-refractivity contribution is -0.114. The van der Waals surface area contributed by atoms with Crippen molar-refractivity contribution in [2.24, 2.45) is 0 Å². The van der Waals surface area contributed by atoms with Gasteiger partial charge in [-0.25, -0.2) is 4.98 Å². The number of hydrogen-bond donors (Lipinski definition) is 1. The highest BCUT2D eigenvalue weighted by molar-refractivity contribution is 7.98. The van der Waals surface area contributed by atoms with Gasteiger partial charge in [0.05, 0.1) is 11.4 Å². The molecule has 2 aromatic heterocycles. The number of nitrogens with zero attached hydrogens (tertiary/aromatic N) is 4. The van der Waals surface area contributed by atoms with Crippen molar-refractivity contribution < 1.29 is 9.21 Å². The van der Waals surface area contributed by atoms with E-state index in [-0.39, 0.29) is 5.91 Å². The Balaban J connectivity index is 1.38. The molecule has 1 aliphatic rings. The van der Waals surface area contributed by atoms with E-state index in [2.05, 4.69) is 32.0 Å². The molecule has 0 spiro atoms. The van der Waals surface area contributed by atoms with E-state index < -0.39 is 0 Å². The molecule has 2 heterocycles. The van der Waals surface area contributed by atoms with E-state index in [4.69, 9.17) is 4.42 Å². The smallest absolute Gasteiger partial charge is 0.226 e.